The van der Waals surface area contributed by atoms with Crippen molar-refractivity contribution < 1.29 is 14.3 Å². The van der Waals surface area contributed by atoms with Crippen LogP contribution >= 0.6 is 0 Å². The molecule has 9 heteroatoms. The van der Waals surface area contributed by atoms with Crippen LogP contribution in [0.15, 0.2) is 55.1 Å². The predicted octanol–water partition coefficient (Wildman–Crippen LogP) is 1.40. The number of aromatic nitrogens is 4. The third-order valence-corrected chi connectivity index (χ3v) is 4.78. The molecule has 0 aliphatic carbocycles. The van der Waals surface area contributed by atoms with Gasteiger partial charge in [-0.2, -0.15) is 0 Å². The number of imidazole rings is 1. The number of nitrogens with zero attached hydrogens (tertiary/aromatic N) is 6. The van der Waals surface area contributed by atoms with E-state index in [0.717, 1.165) is 17.4 Å². The third kappa shape index (κ3) is 4.45. The molecule has 2 aromatic heterocycles. The topological polar surface area (TPSA) is 85.6 Å². The van der Waals surface area contributed by atoms with Gasteiger partial charge in [-0.3, -0.25) is 9.36 Å². The van der Waals surface area contributed by atoms with Crippen molar-refractivity contribution in [1.82, 2.24) is 24.6 Å². The van der Waals surface area contributed by atoms with Crippen LogP contribution in [0.4, 0.5) is 5.82 Å². The van der Waals surface area contributed by atoms with Gasteiger partial charge in [0.2, 0.25) is 0 Å². The summed E-state index contributed by atoms with van der Waals surface area (Å²) < 4.78 is 12.5. The molecule has 0 saturated carbocycles. The number of rotatable bonds is 6. The van der Waals surface area contributed by atoms with Gasteiger partial charge in [0.1, 0.15) is 17.8 Å². The summed E-state index contributed by atoms with van der Waals surface area (Å²) in [5.41, 5.74) is 0. The van der Waals surface area contributed by atoms with Crippen LogP contribution in [0.2, 0.25) is 0 Å². The van der Waals surface area contributed by atoms with Crippen LogP contribution < -0.4 is 14.4 Å². The Morgan fingerprint density at radius 1 is 0.966 bits per heavy atom. The second-order valence-corrected chi connectivity index (χ2v) is 6.55. The zero-order chi connectivity index (χ0) is 20.1. The average Bonchev–Trinajstić information content (AvgIpc) is 3.33. The number of amides is 1. The lowest BCUT2D eigenvalue weighted by Gasteiger charge is -2.35. The largest absolute Gasteiger partial charge is 0.497 e. The molecule has 9 nitrogen and oxygen atoms in total. The molecule has 0 atom stereocenters. The Labute approximate surface area is 168 Å². The Kier molecular flexibility index (Phi) is 5.55. The summed E-state index contributed by atoms with van der Waals surface area (Å²) >= 11 is 0. The maximum Gasteiger partial charge on any atom is 0.260 e. The van der Waals surface area contributed by atoms with Crippen LogP contribution in [0.1, 0.15) is 0 Å². The van der Waals surface area contributed by atoms with Gasteiger partial charge in [0, 0.05) is 38.6 Å². The Morgan fingerprint density at radius 3 is 2.28 bits per heavy atom. The minimum absolute atomic E-state index is 0.0196. The molecule has 0 bridgehead atoms. The summed E-state index contributed by atoms with van der Waals surface area (Å²) in [6.45, 7) is 2.66. The first-order chi connectivity index (χ1) is 14.2. The van der Waals surface area contributed by atoms with Crippen molar-refractivity contribution in [2.75, 3.05) is 44.8 Å². The highest BCUT2D eigenvalue weighted by atomic mass is 16.5. The van der Waals surface area contributed by atoms with E-state index in [2.05, 4.69) is 20.1 Å². The number of hydrogen-bond acceptors (Lipinski definition) is 7. The first-order valence-electron chi connectivity index (χ1n) is 9.34. The molecule has 0 spiro atoms. The van der Waals surface area contributed by atoms with Crippen LogP contribution in [-0.2, 0) is 4.79 Å². The molecule has 0 radical (unpaired) electrons. The molecule has 0 N–H and O–H groups in total. The summed E-state index contributed by atoms with van der Waals surface area (Å²) in [4.78, 5) is 20.4. The van der Waals surface area contributed by atoms with Crippen molar-refractivity contribution in [1.29, 1.82) is 0 Å². The van der Waals surface area contributed by atoms with Crippen molar-refractivity contribution in [3.63, 3.8) is 0 Å². The van der Waals surface area contributed by atoms with E-state index in [4.69, 9.17) is 9.47 Å². The molecular weight excluding hydrogens is 372 g/mol. The quantitative estimate of drug-likeness (QED) is 0.625. The highest BCUT2D eigenvalue weighted by molar-refractivity contribution is 5.78. The molecule has 4 rings (SSSR count). The molecular formula is C20H22N6O3. The van der Waals surface area contributed by atoms with Crippen molar-refractivity contribution in [2.45, 2.75) is 0 Å². The van der Waals surface area contributed by atoms with Gasteiger partial charge >= 0.3 is 0 Å². The van der Waals surface area contributed by atoms with Crippen LogP contribution in [0, 0.1) is 0 Å². The zero-order valence-electron chi connectivity index (χ0n) is 16.1. The standard InChI is InChI=1S/C20H22N6O3/c1-28-16-2-4-17(5-3-16)29-14-20(27)25-12-10-24(11-13-25)18-6-7-19(23-22-18)26-9-8-21-15-26/h2-9,15H,10-14H2,1H3. The lowest BCUT2D eigenvalue weighted by atomic mass is 10.3. The van der Waals surface area contributed by atoms with E-state index < -0.39 is 0 Å². The highest BCUT2D eigenvalue weighted by Gasteiger charge is 2.22. The molecule has 1 fully saturated rings. The van der Waals surface area contributed by atoms with Gasteiger partial charge in [-0.25, -0.2) is 4.98 Å². The maximum absolute atomic E-state index is 12.4. The first kappa shape index (κ1) is 18.7. The van der Waals surface area contributed by atoms with Gasteiger partial charge < -0.3 is 19.3 Å². The van der Waals surface area contributed by atoms with E-state index in [0.29, 0.717) is 31.9 Å². The second-order valence-electron chi connectivity index (χ2n) is 6.55. The fraction of sp³-hybridized carbons (Fsp3) is 0.300. The van der Waals surface area contributed by atoms with Gasteiger partial charge in [0.25, 0.3) is 5.91 Å². The molecule has 0 unspecified atom stereocenters. The number of methoxy groups -OCH3 is 1. The Morgan fingerprint density at radius 2 is 1.66 bits per heavy atom. The molecule has 150 valence electrons. The fourth-order valence-electron chi connectivity index (χ4n) is 3.11. The highest BCUT2D eigenvalue weighted by Crippen LogP contribution is 2.18. The van der Waals surface area contributed by atoms with E-state index in [9.17, 15) is 4.79 Å². The van der Waals surface area contributed by atoms with Crippen LogP contribution in [-0.4, -0.2) is 70.5 Å². The zero-order valence-corrected chi connectivity index (χ0v) is 16.1. The van der Waals surface area contributed by atoms with Crippen molar-refractivity contribution in [2.24, 2.45) is 0 Å². The average molecular weight is 394 g/mol. The summed E-state index contributed by atoms with van der Waals surface area (Å²) in [6, 6.07) is 11.0. The Balaban J connectivity index is 1.26. The molecule has 1 aromatic carbocycles. The first-order valence-corrected chi connectivity index (χ1v) is 9.34. The van der Waals surface area contributed by atoms with Gasteiger partial charge in [0.15, 0.2) is 18.2 Å². The van der Waals surface area contributed by atoms with Gasteiger partial charge in [-0.15, -0.1) is 10.2 Å². The van der Waals surface area contributed by atoms with E-state index >= 15 is 0 Å². The van der Waals surface area contributed by atoms with Crippen LogP contribution in [0.25, 0.3) is 5.82 Å². The smallest absolute Gasteiger partial charge is 0.260 e. The SMILES string of the molecule is COc1ccc(OCC(=O)N2CCN(c3ccc(-n4ccnc4)nn3)CC2)cc1. The summed E-state index contributed by atoms with van der Waals surface area (Å²) in [5, 5.41) is 8.55. The molecule has 1 saturated heterocycles. The van der Waals surface area contributed by atoms with Gasteiger partial charge in [0.05, 0.1) is 7.11 Å². The normalized spacial score (nSPS) is 14.0. The van der Waals surface area contributed by atoms with Crippen LogP contribution in [0.3, 0.4) is 0 Å². The lowest BCUT2D eigenvalue weighted by molar-refractivity contribution is -0.133. The Bertz CT molecular complexity index is 920. The van der Waals surface area contributed by atoms with E-state index in [1.165, 1.54) is 0 Å². The number of ether oxygens (including phenoxy) is 2. The number of hydrogen-bond donors (Lipinski definition) is 0. The molecule has 1 aliphatic rings. The number of benzene rings is 1. The monoisotopic (exact) mass is 394 g/mol. The van der Waals surface area contributed by atoms with Gasteiger partial charge in [-0.05, 0) is 36.4 Å². The van der Waals surface area contributed by atoms with Crippen molar-refractivity contribution >= 4 is 11.7 Å². The number of piperazine rings is 1. The second kappa shape index (κ2) is 8.59. The fourth-order valence-corrected chi connectivity index (χ4v) is 3.11. The number of anilines is 1. The molecule has 3 aromatic rings. The summed E-state index contributed by atoms with van der Waals surface area (Å²) in [6.07, 6.45) is 5.20. The summed E-state index contributed by atoms with van der Waals surface area (Å²) in [7, 11) is 1.61. The predicted molar refractivity (Wildman–Crippen MR) is 106 cm³/mol. The van der Waals surface area contributed by atoms with Crippen molar-refractivity contribution in [3.8, 4) is 17.3 Å². The maximum atomic E-state index is 12.4. The van der Waals surface area contributed by atoms with Crippen LogP contribution in [0.5, 0.6) is 11.5 Å². The third-order valence-electron chi connectivity index (χ3n) is 4.78. The molecule has 1 aliphatic heterocycles. The lowest BCUT2D eigenvalue weighted by Crippen LogP contribution is -2.50. The van der Waals surface area contributed by atoms with E-state index in [-0.39, 0.29) is 12.5 Å². The molecule has 3 heterocycles. The van der Waals surface area contributed by atoms with Gasteiger partial charge in [-0.1, -0.05) is 0 Å². The van der Waals surface area contributed by atoms with E-state index in [1.54, 1.807) is 48.5 Å². The number of carbonyl (C=O) groups is 1. The minimum Gasteiger partial charge on any atom is -0.497 e. The number of carbonyl (C=O) groups excluding carboxylic acids is 1. The minimum atomic E-state index is -0.0259. The van der Waals surface area contributed by atoms with Crippen molar-refractivity contribution in [3.05, 3.63) is 55.1 Å². The molecule has 29 heavy (non-hydrogen) atoms. The molecule has 1 amide bonds. The van der Waals surface area contributed by atoms with E-state index in [1.807, 2.05) is 23.2 Å². The Hall–Kier alpha value is -3.62. The summed E-state index contributed by atoms with van der Waals surface area (Å²) in [5.74, 6) is 2.89.